The Hall–Kier alpha value is -4.25. The highest BCUT2D eigenvalue weighted by Crippen LogP contribution is 2.27. The molecule has 148 valence electrons. The van der Waals surface area contributed by atoms with Crippen LogP contribution in [0.5, 0.6) is 0 Å². The van der Waals surface area contributed by atoms with Gasteiger partial charge in [0.1, 0.15) is 23.5 Å². The van der Waals surface area contributed by atoms with E-state index in [4.69, 9.17) is 0 Å². The molecule has 1 aliphatic rings. The number of amides is 3. The Morgan fingerprint density at radius 2 is 1.67 bits per heavy atom. The summed E-state index contributed by atoms with van der Waals surface area (Å²) in [6, 6.07) is 16.5. The number of aryl methyl sites for hydroxylation is 1. The zero-order valence-electron chi connectivity index (χ0n) is 16.1. The molecular formula is C22H17N5O3. The Morgan fingerprint density at radius 1 is 1.07 bits per heavy atom. The van der Waals surface area contributed by atoms with E-state index in [0.717, 1.165) is 10.5 Å². The summed E-state index contributed by atoms with van der Waals surface area (Å²) in [5.74, 6) is -1.40. The number of imide groups is 1. The van der Waals surface area contributed by atoms with Gasteiger partial charge in [0.2, 0.25) is 5.91 Å². The van der Waals surface area contributed by atoms with Crippen molar-refractivity contribution in [3.8, 4) is 6.07 Å². The second-order valence-corrected chi connectivity index (χ2v) is 6.86. The maximum atomic E-state index is 13.3. The molecule has 1 aromatic heterocycles. The summed E-state index contributed by atoms with van der Waals surface area (Å²) in [6.45, 7) is 0. The molecule has 4 rings (SSSR count). The first-order valence-corrected chi connectivity index (χ1v) is 9.25. The summed E-state index contributed by atoms with van der Waals surface area (Å²) in [7, 11) is 1.59. The molecule has 0 saturated carbocycles. The van der Waals surface area contributed by atoms with Crippen LogP contribution in [0.1, 0.15) is 31.8 Å². The molecule has 0 radical (unpaired) electrons. The molecule has 8 nitrogen and oxygen atoms in total. The number of hydrogen-bond acceptors (Lipinski definition) is 5. The van der Waals surface area contributed by atoms with Gasteiger partial charge in [-0.15, -0.1) is 0 Å². The van der Waals surface area contributed by atoms with Gasteiger partial charge in [-0.2, -0.15) is 10.4 Å². The standard InChI is InChI=1S/C22H17N5O3/c1-26-19(15(12-23)13-24-26)25-20(28)18(11-14-7-3-2-4-8-14)27-21(29)16-9-5-6-10-17(16)22(27)30/h2-10,13,18H,11H2,1H3,(H,25,28). The second-order valence-electron chi connectivity index (χ2n) is 6.86. The molecule has 0 saturated heterocycles. The van der Waals surface area contributed by atoms with Crippen molar-refractivity contribution in [2.24, 2.45) is 7.05 Å². The molecule has 3 amide bonds. The van der Waals surface area contributed by atoms with Crippen molar-refractivity contribution < 1.29 is 14.4 Å². The van der Waals surface area contributed by atoms with Crippen molar-refractivity contribution in [3.05, 3.63) is 83.0 Å². The van der Waals surface area contributed by atoms with E-state index in [2.05, 4.69) is 10.4 Å². The molecule has 2 aromatic carbocycles. The van der Waals surface area contributed by atoms with Gasteiger partial charge in [0, 0.05) is 13.5 Å². The molecule has 0 fully saturated rings. The molecule has 1 unspecified atom stereocenters. The molecule has 1 N–H and O–H groups in total. The van der Waals surface area contributed by atoms with Crippen molar-refractivity contribution in [2.45, 2.75) is 12.5 Å². The topological polar surface area (TPSA) is 108 Å². The Bertz CT molecular complexity index is 1160. The molecule has 1 aliphatic heterocycles. The lowest BCUT2D eigenvalue weighted by Crippen LogP contribution is -2.48. The van der Waals surface area contributed by atoms with Crippen molar-refractivity contribution in [1.82, 2.24) is 14.7 Å². The number of rotatable bonds is 5. The highest BCUT2D eigenvalue weighted by molar-refractivity contribution is 6.23. The lowest BCUT2D eigenvalue weighted by Gasteiger charge is -2.25. The molecule has 0 aliphatic carbocycles. The smallest absolute Gasteiger partial charge is 0.262 e. The largest absolute Gasteiger partial charge is 0.308 e. The normalized spacial score (nSPS) is 13.7. The van der Waals surface area contributed by atoms with Crippen LogP contribution in [-0.4, -0.2) is 38.4 Å². The van der Waals surface area contributed by atoms with E-state index in [1.54, 1.807) is 31.3 Å². The van der Waals surface area contributed by atoms with Crippen LogP contribution in [0.2, 0.25) is 0 Å². The van der Waals surface area contributed by atoms with Crippen LogP contribution in [0.25, 0.3) is 0 Å². The highest BCUT2D eigenvalue weighted by atomic mass is 16.2. The lowest BCUT2D eigenvalue weighted by molar-refractivity contribution is -0.120. The number of aromatic nitrogens is 2. The maximum Gasteiger partial charge on any atom is 0.262 e. The molecule has 0 bridgehead atoms. The van der Waals surface area contributed by atoms with E-state index >= 15 is 0 Å². The third kappa shape index (κ3) is 3.22. The molecule has 2 heterocycles. The van der Waals surface area contributed by atoms with E-state index in [-0.39, 0.29) is 28.9 Å². The fraction of sp³-hybridized carbons (Fsp3) is 0.136. The van der Waals surface area contributed by atoms with Crippen molar-refractivity contribution in [3.63, 3.8) is 0 Å². The van der Waals surface area contributed by atoms with E-state index < -0.39 is 23.8 Å². The zero-order valence-corrected chi connectivity index (χ0v) is 16.1. The van der Waals surface area contributed by atoms with E-state index in [1.165, 1.54) is 10.9 Å². The van der Waals surface area contributed by atoms with Crippen LogP contribution < -0.4 is 5.32 Å². The number of carbonyl (C=O) groups is 3. The molecule has 1 atom stereocenters. The Balaban J connectivity index is 1.71. The molecule has 30 heavy (non-hydrogen) atoms. The Labute approximate surface area is 172 Å². The van der Waals surface area contributed by atoms with Crippen LogP contribution >= 0.6 is 0 Å². The number of anilines is 1. The van der Waals surface area contributed by atoms with Crippen LogP contribution in [0.4, 0.5) is 5.82 Å². The number of fused-ring (bicyclic) bond motifs is 1. The number of benzene rings is 2. The van der Waals surface area contributed by atoms with Gasteiger partial charge >= 0.3 is 0 Å². The van der Waals surface area contributed by atoms with Gasteiger partial charge in [0.15, 0.2) is 0 Å². The lowest BCUT2D eigenvalue weighted by atomic mass is 10.0. The highest BCUT2D eigenvalue weighted by Gasteiger charge is 2.42. The number of nitrogens with zero attached hydrogens (tertiary/aromatic N) is 4. The number of nitriles is 1. The minimum atomic E-state index is -1.10. The van der Waals surface area contributed by atoms with Crippen LogP contribution in [0.3, 0.4) is 0 Å². The quantitative estimate of drug-likeness (QED) is 0.661. The molecule has 0 spiro atoms. The monoisotopic (exact) mass is 399 g/mol. The third-order valence-electron chi connectivity index (χ3n) is 5.01. The molecule has 3 aromatic rings. The summed E-state index contributed by atoms with van der Waals surface area (Å²) in [4.78, 5) is 40.2. The maximum absolute atomic E-state index is 13.3. The van der Waals surface area contributed by atoms with Crippen molar-refractivity contribution >= 4 is 23.5 Å². The van der Waals surface area contributed by atoms with Crippen molar-refractivity contribution in [2.75, 3.05) is 5.32 Å². The van der Waals surface area contributed by atoms with Gasteiger partial charge in [0.05, 0.1) is 17.3 Å². The average molecular weight is 399 g/mol. The first kappa shape index (κ1) is 19.1. The summed E-state index contributed by atoms with van der Waals surface area (Å²) < 4.78 is 1.36. The predicted octanol–water partition coefficient (Wildman–Crippen LogP) is 2.14. The molecular weight excluding hydrogens is 382 g/mol. The van der Waals surface area contributed by atoms with Gasteiger partial charge in [-0.3, -0.25) is 24.0 Å². The number of carbonyl (C=O) groups excluding carboxylic acids is 3. The average Bonchev–Trinajstić information content (AvgIpc) is 3.24. The molecule has 8 heteroatoms. The SMILES string of the molecule is Cn1ncc(C#N)c1NC(=O)C(Cc1ccccc1)N1C(=O)c2ccccc2C1=O. The van der Waals surface area contributed by atoms with Gasteiger partial charge in [-0.25, -0.2) is 0 Å². The summed E-state index contributed by atoms with van der Waals surface area (Å²) in [6.07, 6.45) is 1.47. The fourth-order valence-electron chi connectivity index (χ4n) is 3.50. The second kappa shape index (κ2) is 7.64. The third-order valence-corrected chi connectivity index (χ3v) is 5.01. The van der Waals surface area contributed by atoms with Crippen LogP contribution in [0.15, 0.2) is 60.8 Å². The van der Waals surface area contributed by atoms with Crippen LogP contribution in [-0.2, 0) is 18.3 Å². The van der Waals surface area contributed by atoms with Gasteiger partial charge in [-0.1, -0.05) is 42.5 Å². The van der Waals surface area contributed by atoms with Crippen molar-refractivity contribution in [1.29, 1.82) is 5.26 Å². The van der Waals surface area contributed by atoms with E-state index in [0.29, 0.717) is 0 Å². The minimum absolute atomic E-state index is 0.137. The fourth-order valence-corrected chi connectivity index (χ4v) is 3.50. The van der Waals surface area contributed by atoms with E-state index in [9.17, 15) is 19.6 Å². The first-order chi connectivity index (χ1) is 14.5. The summed E-state index contributed by atoms with van der Waals surface area (Å²) >= 11 is 0. The summed E-state index contributed by atoms with van der Waals surface area (Å²) in [5, 5.41) is 15.9. The van der Waals surface area contributed by atoms with E-state index in [1.807, 2.05) is 36.4 Å². The van der Waals surface area contributed by atoms with Gasteiger partial charge in [-0.05, 0) is 17.7 Å². The summed E-state index contributed by atoms with van der Waals surface area (Å²) in [5.41, 5.74) is 1.52. The Kier molecular flexibility index (Phi) is 4.86. The van der Waals surface area contributed by atoms with Gasteiger partial charge in [0.25, 0.3) is 11.8 Å². The zero-order chi connectivity index (χ0) is 21.3. The number of hydrogen-bond donors (Lipinski definition) is 1. The first-order valence-electron chi connectivity index (χ1n) is 9.25. The number of nitrogens with one attached hydrogen (secondary N) is 1. The van der Waals surface area contributed by atoms with Crippen LogP contribution in [0, 0.1) is 11.3 Å². The van der Waals surface area contributed by atoms with Gasteiger partial charge < -0.3 is 5.32 Å². The minimum Gasteiger partial charge on any atom is -0.308 e. The predicted molar refractivity (Wildman–Crippen MR) is 107 cm³/mol. The Morgan fingerprint density at radius 3 is 2.27 bits per heavy atom.